The molecule has 0 amide bonds. The van der Waals surface area contributed by atoms with Crippen LogP contribution in [-0.4, -0.2) is 12.3 Å². The van der Waals surface area contributed by atoms with Gasteiger partial charge < -0.3 is 0 Å². The molecule has 18 heavy (non-hydrogen) atoms. The molecule has 0 N–H and O–H groups in total. The Bertz CT molecular complexity index is 507. The van der Waals surface area contributed by atoms with Crippen molar-refractivity contribution < 1.29 is 0 Å². The minimum atomic E-state index is -1.32. The fourth-order valence-electron chi connectivity index (χ4n) is 2.36. The molecule has 0 saturated carbocycles. The molecule has 0 saturated heterocycles. The van der Waals surface area contributed by atoms with Gasteiger partial charge in [0.15, 0.2) is 0 Å². The van der Waals surface area contributed by atoms with Gasteiger partial charge in [0.25, 0.3) is 0 Å². The Balaban J connectivity index is 1.98. The standard InChI is InChI=1S/C16H21PS/c1-14(2)7-6-8-15-11-12-17(18,13-15)16-9-4-3-5-10-16/h3-5,7,9-11H,6,8,12-13H2,1-2H3. The van der Waals surface area contributed by atoms with Gasteiger partial charge in [0, 0.05) is 6.16 Å². The molecule has 0 radical (unpaired) electrons. The first-order chi connectivity index (χ1) is 8.60. The van der Waals surface area contributed by atoms with Gasteiger partial charge in [-0.1, -0.05) is 65.4 Å². The highest BCUT2D eigenvalue weighted by Crippen LogP contribution is 2.51. The molecule has 0 aromatic heterocycles. The lowest BCUT2D eigenvalue weighted by molar-refractivity contribution is 0.973. The van der Waals surface area contributed by atoms with Crippen LogP contribution in [0.4, 0.5) is 0 Å². The summed E-state index contributed by atoms with van der Waals surface area (Å²) in [5.41, 5.74) is 3.00. The van der Waals surface area contributed by atoms with E-state index >= 15 is 0 Å². The van der Waals surface area contributed by atoms with Crippen LogP contribution < -0.4 is 5.30 Å². The Kier molecular flexibility index (Phi) is 4.59. The summed E-state index contributed by atoms with van der Waals surface area (Å²) in [4.78, 5) is 0. The summed E-state index contributed by atoms with van der Waals surface area (Å²) in [5, 5.41) is 1.41. The van der Waals surface area contributed by atoms with Crippen molar-refractivity contribution in [3.63, 3.8) is 0 Å². The smallest absolute Gasteiger partial charge is 0.00172 e. The highest BCUT2D eigenvalue weighted by Gasteiger charge is 2.24. The number of hydrogen-bond acceptors (Lipinski definition) is 1. The van der Waals surface area contributed by atoms with Crippen molar-refractivity contribution in [2.75, 3.05) is 12.3 Å². The normalized spacial score (nSPS) is 22.7. The molecule has 0 fully saturated rings. The molecule has 96 valence electrons. The zero-order valence-electron chi connectivity index (χ0n) is 11.2. The van der Waals surface area contributed by atoms with Crippen LogP contribution in [0.25, 0.3) is 0 Å². The number of benzene rings is 1. The van der Waals surface area contributed by atoms with E-state index in [0.717, 1.165) is 18.7 Å². The zero-order valence-corrected chi connectivity index (χ0v) is 12.9. The second-order valence-corrected chi connectivity index (χ2v) is 10.3. The molecule has 0 nitrogen and oxygen atoms in total. The Morgan fingerprint density at radius 2 is 2.00 bits per heavy atom. The molecule has 1 atom stereocenters. The SMILES string of the molecule is CC(C)=CCCC1=CCP(=S)(c2ccccc2)C1. The molecule has 0 spiro atoms. The van der Waals surface area contributed by atoms with Crippen molar-refractivity contribution in [1.82, 2.24) is 0 Å². The number of rotatable bonds is 4. The summed E-state index contributed by atoms with van der Waals surface area (Å²) in [5.74, 6) is 0. The van der Waals surface area contributed by atoms with Crippen LogP contribution in [-0.2, 0) is 11.8 Å². The molecule has 1 aliphatic heterocycles. The number of allylic oxidation sites excluding steroid dienone is 4. The van der Waals surface area contributed by atoms with E-state index in [1.807, 2.05) is 0 Å². The van der Waals surface area contributed by atoms with E-state index in [4.69, 9.17) is 11.8 Å². The third kappa shape index (κ3) is 3.43. The molecule has 1 aromatic rings. The van der Waals surface area contributed by atoms with Gasteiger partial charge in [-0.25, -0.2) is 0 Å². The van der Waals surface area contributed by atoms with Gasteiger partial charge in [0.2, 0.25) is 0 Å². The van der Waals surface area contributed by atoms with Crippen molar-refractivity contribution in [3.8, 4) is 0 Å². The van der Waals surface area contributed by atoms with Gasteiger partial charge in [-0.05, 0) is 44.2 Å². The maximum Gasteiger partial charge on any atom is 0.00172 e. The van der Waals surface area contributed by atoms with Crippen LogP contribution >= 0.6 is 6.04 Å². The highest BCUT2D eigenvalue weighted by atomic mass is 32.4. The van der Waals surface area contributed by atoms with E-state index in [9.17, 15) is 0 Å². The topological polar surface area (TPSA) is 0 Å². The van der Waals surface area contributed by atoms with Gasteiger partial charge >= 0.3 is 0 Å². The zero-order chi connectivity index (χ0) is 13.0. The Morgan fingerprint density at radius 1 is 1.28 bits per heavy atom. The summed E-state index contributed by atoms with van der Waals surface area (Å²) in [6.07, 6.45) is 9.37. The highest BCUT2D eigenvalue weighted by molar-refractivity contribution is 8.18. The first kappa shape index (κ1) is 13.8. The predicted octanol–water partition coefficient (Wildman–Crippen LogP) is 4.48. The lowest BCUT2D eigenvalue weighted by atomic mass is 10.1. The van der Waals surface area contributed by atoms with Crippen molar-refractivity contribution in [3.05, 3.63) is 53.6 Å². The van der Waals surface area contributed by atoms with Crippen molar-refractivity contribution in [1.29, 1.82) is 0 Å². The van der Waals surface area contributed by atoms with Crippen molar-refractivity contribution in [2.24, 2.45) is 0 Å². The van der Waals surface area contributed by atoms with Crippen LogP contribution in [0.5, 0.6) is 0 Å². The van der Waals surface area contributed by atoms with Crippen LogP contribution in [0, 0.1) is 0 Å². The molecule has 1 unspecified atom stereocenters. The van der Waals surface area contributed by atoms with Gasteiger partial charge in [-0.3, -0.25) is 0 Å². The first-order valence-electron chi connectivity index (χ1n) is 6.55. The van der Waals surface area contributed by atoms with E-state index in [2.05, 4.69) is 56.3 Å². The average Bonchev–Trinajstić information content (AvgIpc) is 2.73. The fraction of sp³-hybridized carbons (Fsp3) is 0.375. The molecular weight excluding hydrogens is 255 g/mol. The minimum Gasteiger partial charge on any atom is -0.0919 e. The lowest BCUT2D eigenvalue weighted by Gasteiger charge is -2.16. The monoisotopic (exact) mass is 276 g/mol. The third-order valence-corrected chi connectivity index (χ3v) is 7.77. The maximum atomic E-state index is 5.96. The fourth-order valence-corrected chi connectivity index (χ4v) is 6.18. The predicted molar refractivity (Wildman–Crippen MR) is 86.8 cm³/mol. The van der Waals surface area contributed by atoms with Gasteiger partial charge in [-0.2, -0.15) is 0 Å². The summed E-state index contributed by atoms with van der Waals surface area (Å²) in [7, 11) is 0. The van der Waals surface area contributed by atoms with Crippen LogP contribution in [0.15, 0.2) is 53.6 Å². The molecular formula is C16H21PS. The molecule has 1 aliphatic rings. The quantitative estimate of drug-likeness (QED) is 0.577. The van der Waals surface area contributed by atoms with Crippen LogP contribution in [0.2, 0.25) is 0 Å². The minimum absolute atomic E-state index is 1.12. The lowest BCUT2D eigenvalue weighted by Crippen LogP contribution is -2.06. The van der Waals surface area contributed by atoms with Gasteiger partial charge in [-0.15, -0.1) is 0 Å². The summed E-state index contributed by atoms with van der Waals surface area (Å²) in [6.45, 7) is 4.33. The molecule has 0 bridgehead atoms. The molecule has 1 heterocycles. The third-order valence-electron chi connectivity index (χ3n) is 3.38. The summed E-state index contributed by atoms with van der Waals surface area (Å²) < 4.78 is 0. The summed E-state index contributed by atoms with van der Waals surface area (Å²) in [6, 6.07) is 9.41. The van der Waals surface area contributed by atoms with Gasteiger partial charge in [0.1, 0.15) is 0 Å². The molecule has 0 aliphatic carbocycles. The summed E-state index contributed by atoms with van der Waals surface area (Å²) >= 11 is 5.96. The second kappa shape index (κ2) is 5.99. The van der Waals surface area contributed by atoms with E-state index in [1.165, 1.54) is 17.3 Å². The molecule has 2 rings (SSSR count). The van der Waals surface area contributed by atoms with E-state index in [-0.39, 0.29) is 0 Å². The molecule has 1 aromatic carbocycles. The maximum absolute atomic E-state index is 5.96. The van der Waals surface area contributed by atoms with Gasteiger partial charge in [0.05, 0.1) is 0 Å². The van der Waals surface area contributed by atoms with Crippen molar-refractivity contribution in [2.45, 2.75) is 26.7 Å². The van der Waals surface area contributed by atoms with Crippen molar-refractivity contribution >= 4 is 23.1 Å². The average molecular weight is 276 g/mol. The van der Waals surface area contributed by atoms with E-state index in [1.54, 1.807) is 5.57 Å². The Hall–Kier alpha value is -0.650. The largest absolute Gasteiger partial charge is 0.0919 e. The Labute approximate surface area is 116 Å². The van der Waals surface area contributed by atoms with Crippen LogP contribution in [0.3, 0.4) is 0 Å². The number of hydrogen-bond donors (Lipinski definition) is 0. The second-order valence-electron chi connectivity index (χ2n) is 5.25. The van der Waals surface area contributed by atoms with Crippen LogP contribution in [0.1, 0.15) is 26.7 Å². The molecule has 2 heteroatoms. The van der Waals surface area contributed by atoms with E-state index in [0.29, 0.717) is 0 Å². The van der Waals surface area contributed by atoms with E-state index < -0.39 is 6.04 Å². The Morgan fingerprint density at radius 3 is 2.67 bits per heavy atom. The first-order valence-corrected chi connectivity index (χ1v) is 9.72.